The maximum atomic E-state index is 10.5. The molecule has 0 saturated carbocycles. The van der Waals surface area contributed by atoms with Gasteiger partial charge in [0.2, 0.25) is 0 Å². The highest BCUT2D eigenvalue weighted by molar-refractivity contribution is 5.54. The van der Waals surface area contributed by atoms with Crippen molar-refractivity contribution >= 4 is 6.29 Å². The first-order valence-electron chi connectivity index (χ1n) is 5.00. The van der Waals surface area contributed by atoms with Gasteiger partial charge in [0, 0.05) is 25.6 Å². The summed E-state index contributed by atoms with van der Waals surface area (Å²) in [6.07, 6.45) is 2.13. The van der Waals surface area contributed by atoms with E-state index in [0.29, 0.717) is 5.92 Å². The van der Waals surface area contributed by atoms with Gasteiger partial charge in [-0.3, -0.25) is 0 Å². The van der Waals surface area contributed by atoms with Crippen LogP contribution in [0, 0.1) is 11.8 Å². The SMILES string of the molecule is CC(C)COC1CNCC(C=O)C1. The van der Waals surface area contributed by atoms with Crippen molar-refractivity contribution in [1.82, 2.24) is 5.32 Å². The number of carbonyl (C=O) groups is 1. The maximum absolute atomic E-state index is 10.5. The molecule has 0 aromatic heterocycles. The van der Waals surface area contributed by atoms with Gasteiger partial charge in [0.15, 0.2) is 0 Å². The normalized spacial score (nSPS) is 29.2. The fraction of sp³-hybridized carbons (Fsp3) is 0.900. The van der Waals surface area contributed by atoms with Crippen molar-refractivity contribution in [2.24, 2.45) is 11.8 Å². The van der Waals surface area contributed by atoms with Crippen LogP contribution in [0.1, 0.15) is 20.3 Å². The standard InChI is InChI=1S/C10H19NO2/c1-8(2)7-13-10-3-9(6-12)4-11-5-10/h6,8-11H,3-5,7H2,1-2H3. The molecule has 2 unspecified atom stereocenters. The van der Waals surface area contributed by atoms with Gasteiger partial charge in [0.25, 0.3) is 0 Å². The summed E-state index contributed by atoms with van der Waals surface area (Å²) < 4.78 is 5.66. The molecule has 13 heavy (non-hydrogen) atoms. The summed E-state index contributed by atoms with van der Waals surface area (Å²) in [5, 5.41) is 3.20. The van der Waals surface area contributed by atoms with Crippen LogP contribution in [0.2, 0.25) is 0 Å². The van der Waals surface area contributed by atoms with Crippen LogP contribution in [0.4, 0.5) is 0 Å². The first kappa shape index (κ1) is 10.7. The van der Waals surface area contributed by atoms with Gasteiger partial charge in [0.05, 0.1) is 6.10 Å². The van der Waals surface area contributed by atoms with Crippen molar-refractivity contribution in [2.75, 3.05) is 19.7 Å². The molecule has 1 rings (SSSR count). The zero-order valence-electron chi connectivity index (χ0n) is 8.45. The van der Waals surface area contributed by atoms with E-state index in [2.05, 4.69) is 19.2 Å². The lowest BCUT2D eigenvalue weighted by Crippen LogP contribution is -2.41. The molecule has 0 aliphatic carbocycles. The summed E-state index contributed by atoms with van der Waals surface area (Å²) >= 11 is 0. The molecule has 0 radical (unpaired) electrons. The average Bonchev–Trinajstić information content (AvgIpc) is 2.15. The molecule has 3 nitrogen and oxygen atoms in total. The Morgan fingerprint density at radius 3 is 2.92 bits per heavy atom. The number of ether oxygens (including phenoxy) is 1. The lowest BCUT2D eigenvalue weighted by atomic mass is 9.99. The van der Waals surface area contributed by atoms with Crippen LogP contribution in [-0.2, 0) is 9.53 Å². The minimum Gasteiger partial charge on any atom is -0.377 e. The summed E-state index contributed by atoms with van der Waals surface area (Å²) in [5.41, 5.74) is 0. The van der Waals surface area contributed by atoms with Gasteiger partial charge in [-0.1, -0.05) is 13.8 Å². The quantitative estimate of drug-likeness (QED) is 0.659. The van der Waals surface area contributed by atoms with E-state index in [-0.39, 0.29) is 12.0 Å². The third kappa shape index (κ3) is 3.87. The molecule has 3 heteroatoms. The van der Waals surface area contributed by atoms with Crippen LogP contribution in [-0.4, -0.2) is 32.1 Å². The number of aldehydes is 1. The summed E-state index contributed by atoms with van der Waals surface area (Å²) in [6.45, 7) is 6.75. The highest BCUT2D eigenvalue weighted by Gasteiger charge is 2.21. The smallest absolute Gasteiger partial charge is 0.124 e. The lowest BCUT2D eigenvalue weighted by Gasteiger charge is -2.27. The van der Waals surface area contributed by atoms with Gasteiger partial charge in [-0.05, 0) is 12.3 Å². The van der Waals surface area contributed by atoms with E-state index in [4.69, 9.17) is 4.74 Å². The maximum Gasteiger partial charge on any atom is 0.124 e. The minimum absolute atomic E-state index is 0.144. The first-order valence-corrected chi connectivity index (χ1v) is 5.00. The zero-order valence-corrected chi connectivity index (χ0v) is 8.45. The Hall–Kier alpha value is -0.410. The molecular formula is C10H19NO2. The van der Waals surface area contributed by atoms with Gasteiger partial charge in [-0.25, -0.2) is 0 Å². The first-order chi connectivity index (χ1) is 6.22. The van der Waals surface area contributed by atoms with Gasteiger partial charge in [0.1, 0.15) is 6.29 Å². The highest BCUT2D eigenvalue weighted by Crippen LogP contribution is 2.12. The fourth-order valence-corrected chi connectivity index (χ4v) is 1.49. The number of nitrogens with one attached hydrogen (secondary N) is 1. The van der Waals surface area contributed by atoms with Crippen LogP contribution >= 0.6 is 0 Å². The summed E-state index contributed by atoms with van der Waals surface area (Å²) in [5.74, 6) is 0.711. The van der Waals surface area contributed by atoms with Crippen LogP contribution < -0.4 is 5.32 Å². The van der Waals surface area contributed by atoms with Crippen molar-refractivity contribution in [3.8, 4) is 0 Å². The molecule has 0 aromatic rings. The Morgan fingerprint density at radius 2 is 2.31 bits per heavy atom. The predicted octanol–water partition coefficient (Wildman–Crippen LogP) is 0.836. The molecule has 1 aliphatic rings. The molecule has 0 aromatic carbocycles. The Balaban J connectivity index is 2.21. The predicted molar refractivity (Wildman–Crippen MR) is 51.6 cm³/mol. The molecule has 1 N–H and O–H groups in total. The zero-order chi connectivity index (χ0) is 9.68. The van der Waals surface area contributed by atoms with Gasteiger partial charge >= 0.3 is 0 Å². The minimum atomic E-state index is 0.144. The van der Waals surface area contributed by atoms with Gasteiger partial charge in [-0.2, -0.15) is 0 Å². The molecular weight excluding hydrogens is 166 g/mol. The van der Waals surface area contributed by atoms with Crippen molar-refractivity contribution in [3.05, 3.63) is 0 Å². The van der Waals surface area contributed by atoms with Crippen molar-refractivity contribution in [2.45, 2.75) is 26.4 Å². The summed E-state index contributed by atoms with van der Waals surface area (Å²) in [4.78, 5) is 10.5. The molecule has 1 aliphatic heterocycles. The Bertz CT molecular complexity index is 159. The number of piperidine rings is 1. The molecule has 1 saturated heterocycles. The average molecular weight is 185 g/mol. The largest absolute Gasteiger partial charge is 0.377 e. The van der Waals surface area contributed by atoms with Crippen molar-refractivity contribution in [3.63, 3.8) is 0 Å². The van der Waals surface area contributed by atoms with Gasteiger partial charge in [-0.15, -0.1) is 0 Å². The monoisotopic (exact) mass is 185 g/mol. The van der Waals surface area contributed by atoms with Crippen molar-refractivity contribution < 1.29 is 9.53 Å². The van der Waals surface area contributed by atoms with Gasteiger partial charge < -0.3 is 14.8 Å². The molecule has 0 bridgehead atoms. The second-order valence-corrected chi connectivity index (χ2v) is 4.14. The number of rotatable bonds is 4. The highest BCUT2D eigenvalue weighted by atomic mass is 16.5. The van der Waals surface area contributed by atoms with E-state index >= 15 is 0 Å². The molecule has 2 atom stereocenters. The second-order valence-electron chi connectivity index (χ2n) is 4.14. The van der Waals surface area contributed by atoms with Crippen LogP contribution in [0.3, 0.4) is 0 Å². The van der Waals surface area contributed by atoms with E-state index in [1.165, 1.54) is 0 Å². The molecule has 1 fully saturated rings. The molecule has 0 amide bonds. The summed E-state index contributed by atoms with van der Waals surface area (Å²) in [7, 11) is 0. The Labute approximate surface area is 79.8 Å². The number of hydrogen-bond acceptors (Lipinski definition) is 3. The van der Waals surface area contributed by atoms with Crippen LogP contribution in [0.15, 0.2) is 0 Å². The fourth-order valence-electron chi connectivity index (χ4n) is 1.49. The number of carbonyl (C=O) groups excluding carboxylic acids is 1. The third-order valence-corrected chi connectivity index (χ3v) is 2.20. The third-order valence-electron chi connectivity index (χ3n) is 2.20. The topological polar surface area (TPSA) is 38.3 Å². The molecule has 1 heterocycles. The van der Waals surface area contributed by atoms with Crippen LogP contribution in [0.5, 0.6) is 0 Å². The number of hydrogen-bond donors (Lipinski definition) is 1. The molecule has 76 valence electrons. The van der Waals surface area contributed by atoms with E-state index < -0.39 is 0 Å². The Morgan fingerprint density at radius 1 is 1.54 bits per heavy atom. The second kappa shape index (κ2) is 5.35. The van der Waals surface area contributed by atoms with E-state index in [9.17, 15) is 4.79 Å². The summed E-state index contributed by atoms with van der Waals surface area (Å²) in [6, 6.07) is 0. The van der Waals surface area contributed by atoms with E-state index in [0.717, 1.165) is 32.4 Å². The van der Waals surface area contributed by atoms with E-state index in [1.807, 2.05) is 0 Å². The van der Waals surface area contributed by atoms with Crippen LogP contribution in [0.25, 0.3) is 0 Å². The van der Waals surface area contributed by atoms with E-state index in [1.54, 1.807) is 0 Å². The molecule has 0 spiro atoms. The lowest BCUT2D eigenvalue weighted by molar-refractivity contribution is -0.113. The Kier molecular flexibility index (Phi) is 4.39. The van der Waals surface area contributed by atoms with Crippen molar-refractivity contribution in [1.29, 1.82) is 0 Å².